The van der Waals surface area contributed by atoms with E-state index in [1.165, 1.54) is 39.5 Å². The molecule has 0 bridgehead atoms. The lowest BCUT2D eigenvalue weighted by atomic mass is 9.90. The number of methoxy groups -OCH3 is 3. The van der Waals surface area contributed by atoms with E-state index in [1.807, 2.05) is 0 Å². The minimum absolute atomic E-state index is 0.00443. The van der Waals surface area contributed by atoms with Crippen molar-refractivity contribution in [1.82, 2.24) is 14.5 Å². The van der Waals surface area contributed by atoms with Crippen LogP contribution in [-0.4, -0.2) is 47.9 Å². The van der Waals surface area contributed by atoms with Crippen LogP contribution >= 0.6 is 0 Å². The molecule has 294 valence electrons. The van der Waals surface area contributed by atoms with E-state index >= 15 is 8.78 Å². The maximum atomic E-state index is 15.0. The van der Waals surface area contributed by atoms with Crippen molar-refractivity contribution in [3.8, 4) is 23.6 Å². The average molecular weight is 791 g/mol. The predicted octanol–water partition coefficient (Wildman–Crippen LogP) is 9.32. The van der Waals surface area contributed by atoms with E-state index in [-0.39, 0.29) is 45.7 Å². The third kappa shape index (κ3) is 5.93. The number of nitrogens with one attached hydrogen (secondary N) is 2. The molecular weight excluding hydrogens is 757 g/mol. The number of pyridine rings is 1. The summed E-state index contributed by atoms with van der Waals surface area (Å²) in [4.78, 5) is 33.9. The first-order chi connectivity index (χ1) is 28.0. The van der Waals surface area contributed by atoms with Gasteiger partial charge in [0.2, 0.25) is 11.6 Å². The van der Waals surface area contributed by atoms with E-state index in [4.69, 9.17) is 19.5 Å². The molecule has 0 unspecified atom stereocenters. The standard InChI is InChI=1S/C22H19F2N3O3.C21H15F2N3O2/c1-29-17-9-8-16(19(23)20(17)24)27(13-4-3-5-13)21-18(22(28)30-2)14-7-6-12(11-25)10-15(14)26-21;1-28-15-8-13-19(18(23)17(15)22)26(11-3-2-4-11)21-16(20(13)27)12-6-5-10(9-24)7-14(12)25-21/h6-10,13,26H,3-5H2,1-2H3;5-8,11,25H,2-4H2,1H3. The summed E-state index contributed by atoms with van der Waals surface area (Å²) >= 11 is 0. The minimum atomic E-state index is -1.11. The number of rotatable bonds is 7. The number of ether oxygens (including phenoxy) is 3. The zero-order chi connectivity index (χ0) is 41.0. The number of aromatic nitrogens is 3. The average Bonchev–Trinajstić information content (AvgIpc) is 3.77. The molecule has 3 heterocycles. The monoisotopic (exact) mass is 790 g/mol. The molecule has 11 nitrogen and oxygen atoms in total. The maximum absolute atomic E-state index is 15.0. The Morgan fingerprint density at radius 1 is 0.759 bits per heavy atom. The Kier molecular flexibility index (Phi) is 9.69. The van der Waals surface area contributed by atoms with E-state index < -0.39 is 34.7 Å². The Bertz CT molecular complexity index is 2970. The second kappa shape index (κ2) is 14.8. The van der Waals surface area contributed by atoms with Crippen molar-refractivity contribution >= 4 is 61.2 Å². The third-order valence-electron chi connectivity index (χ3n) is 11.2. The summed E-state index contributed by atoms with van der Waals surface area (Å²) in [5, 5.41) is 20.0. The van der Waals surface area contributed by atoms with E-state index in [2.05, 4.69) is 22.1 Å². The Labute approximate surface area is 327 Å². The van der Waals surface area contributed by atoms with E-state index in [0.717, 1.165) is 38.5 Å². The first-order valence-electron chi connectivity index (χ1n) is 18.5. The van der Waals surface area contributed by atoms with Crippen LogP contribution in [-0.2, 0) is 4.74 Å². The SMILES string of the molecule is COC(=O)c1c(N(c2ccc(OC)c(F)c2F)C2CCC2)[nH]c2cc(C#N)ccc12.COc1cc2c(=O)c3c4ccc(C#N)cc4[nH]c3n(C3CCC3)c2c(F)c1F. The van der Waals surface area contributed by atoms with Gasteiger partial charge in [-0.25, -0.2) is 13.6 Å². The van der Waals surface area contributed by atoms with Crippen LogP contribution in [0.1, 0.15) is 66.1 Å². The summed E-state index contributed by atoms with van der Waals surface area (Å²) in [7, 11) is 3.76. The van der Waals surface area contributed by atoms with Crippen LogP contribution in [0, 0.1) is 45.9 Å². The number of H-pyrrole nitrogens is 2. The number of halogens is 4. The van der Waals surface area contributed by atoms with Crippen LogP contribution in [0.5, 0.6) is 11.5 Å². The lowest BCUT2D eigenvalue weighted by Gasteiger charge is -2.39. The smallest absolute Gasteiger partial charge is 0.342 e. The van der Waals surface area contributed by atoms with E-state index in [0.29, 0.717) is 49.8 Å². The quantitative estimate of drug-likeness (QED) is 0.120. The summed E-state index contributed by atoms with van der Waals surface area (Å²) in [6.45, 7) is 0. The molecule has 58 heavy (non-hydrogen) atoms. The fraction of sp³-hybridized carbons (Fsp3) is 0.256. The molecule has 2 aliphatic carbocycles. The largest absolute Gasteiger partial charge is 0.494 e. The zero-order valence-electron chi connectivity index (χ0n) is 31.4. The van der Waals surface area contributed by atoms with Gasteiger partial charge in [-0.2, -0.15) is 19.3 Å². The molecule has 0 aliphatic heterocycles. The van der Waals surface area contributed by atoms with Crippen molar-refractivity contribution in [2.45, 2.75) is 50.6 Å². The number of fused-ring (bicyclic) bond motifs is 5. The molecule has 4 aromatic carbocycles. The molecule has 2 aliphatic rings. The Balaban J connectivity index is 0.000000162. The first kappa shape index (κ1) is 37.9. The van der Waals surface area contributed by atoms with Gasteiger partial charge in [-0.3, -0.25) is 4.79 Å². The number of carbonyl (C=O) groups excluding carboxylic acids is 1. The van der Waals surface area contributed by atoms with Crippen LogP contribution in [0.15, 0.2) is 59.4 Å². The Morgan fingerprint density at radius 2 is 1.38 bits per heavy atom. The van der Waals surface area contributed by atoms with Gasteiger partial charge < -0.3 is 33.6 Å². The number of aromatic amines is 2. The molecule has 7 aromatic rings. The normalized spacial score (nSPS) is 14.0. The summed E-state index contributed by atoms with van der Waals surface area (Å²) in [5.41, 5.74) is 2.21. The second-order valence-electron chi connectivity index (χ2n) is 14.2. The van der Waals surface area contributed by atoms with Crippen molar-refractivity contribution < 1.29 is 36.6 Å². The fourth-order valence-corrected chi connectivity index (χ4v) is 7.82. The number of hydrogen-bond donors (Lipinski definition) is 2. The molecule has 0 atom stereocenters. The highest BCUT2D eigenvalue weighted by molar-refractivity contribution is 6.11. The van der Waals surface area contributed by atoms with Crippen molar-refractivity contribution in [3.63, 3.8) is 0 Å². The van der Waals surface area contributed by atoms with Crippen LogP contribution in [0.3, 0.4) is 0 Å². The van der Waals surface area contributed by atoms with Crippen molar-refractivity contribution in [2.75, 3.05) is 26.2 Å². The molecule has 2 saturated carbocycles. The minimum Gasteiger partial charge on any atom is -0.494 e. The lowest BCUT2D eigenvalue weighted by Crippen LogP contribution is -2.38. The number of anilines is 2. The number of nitrogens with zero attached hydrogens (tertiary/aromatic N) is 4. The molecule has 9 rings (SSSR count). The van der Waals surface area contributed by atoms with Crippen LogP contribution in [0.2, 0.25) is 0 Å². The van der Waals surface area contributed by atoms with Gasteiger partial charge in [0.1, 0.15) is 17.0 Å². The number of benzene rings is 4. The van der Waals surface area contributed by atoms with Gasteiger partial charge in [-0.1, -0.05) is 12.1 Å². The molecule has 15 heteroatoms. The zero-order valence-corrected chi connectivity index (χ0v) is 31.4. The molecule has 3 aromatic heterocycles. The highest BCUT2D eigenvalue weighted by atomic mass is 19.2. The topological polar surface area (TPSA) is 149 Å². The lowest BCUT2D eigenvalue weighted by molar-refractivity contribution is 0.0603. The van der Waals surface area contributed by atoms with E-state index in [9.17, 15) is 23.6 Å². The van der Waals surface area contributed by atoms with Gasteiger partial charge in [0.15, 0.2) is 28.6 Å². The van der Waals surface area contributed by atoms with Crippen molar-refractivity contribution in [3.05, 3.63) is 105 Å². The summed E-state index contributed by atoms with van der Waals surface area (Å²) in [6.07, 6.45) is 5.07. The fourth-order valence-electron chi connectivity index (χ4n) is 7.82. The third-order valence-corrected chi connectivity index (χ3v) is 11.2. The second-order valence-corrected chi connectivity index (χ2v) is 14.2. The number of carbonyl (C=O) groups is 1. The van der Waals surface area contributed by atoms with Crippen molar-refractivity contribution in [1.29, 1.82) is 10.5 Å². The molecular formula is C43H34F4N6O5. The highest BCUT2D eigenvalue weighted by Gasteiger charge is 2.35. The van der Waals surface area contributed by atoms with Gasteiger partial charge in [0.25, 0.3) is 0 Å². The molecule has 0 radical (unpaired) electrons. The Morgan fingerprint density at radius 3 is 1.95 bits per heavy atom. The molecule has 0 spiro atoms. The van der Waals surface area contributed by atoms with Gasteiger partial charge >= 0.3 is 5.97 Å². The van der Waals surface area contributed by atoms with Crippen LogP contribution < -0.4 is 19.8 Å². The maximum Gasteiger partial charge on any atom is 0.342 e. The molecule has 0 amide bonds. The van der Waals surface area contributed by atoms with E-state index in [1.54, 1.807) is 45.9 Å². The highest BCUT2D eigenvalue weighted by Crippen LogP contribution is 2.43. The van der Waals surface area contributed by atoms with Gasteiger partial charge in [0.05, 0.1) is 66.6 Å². The molecule has 2 fully saturated rings. The van der Waals surface area contributed by atoms with Gasteiger partial charge in [0, 0.05) is 33.9 Å². The molecule has 0 saturated heterocycles. The number of esters is 1. The Hall–Kier alpha value is -7.00. The number of hydrogen-bond acceptors (Lipinski definition) is 8. The van der Waals surface area contributed by atoms with Crippen LogP contribution in [0.25, 0.3) is 43.7 Å². The van der Waals surface area contributed by atoms with Crippen LogP contribution in [0.4, 0.5) is 29.1 Å². The first-order valence-corrected chi connectivity index (χ1v) is 18.5. The summed E-state index contributed by atoms with van der Waals surface area (Å²) < 4.78 is 75.5. The van der Waals surface area contributed by atoms with Gasteiger partial charge in [-0.05, 0) is 81.0 Å². The van der Waals surface area contributed by atoms with Crippen molar-refractivity contribution in [2.24, 2.45) is 0 Å². The molecule has 2 N–H and O–H groups in total. The summed E-state index contributed by atoms with van der Waals surface area (Å²) in [5.74, 6) is -5.15. The summed E-state index contributed by atoms with van der Waals surface area (Å²) in [6, 6.07) is 17.9. The van der Waals surface area contributed by atoms with Gasteiger partial charge in [-0.15, -0.1) is 0 Å². The number of nitriles is 2. The predicted molar refractivity (Wildman–Crippen MR) is 209 cm³/mol.